The highest BCUT2D eigenvalue weighted by Gasteiger charge is 2.21. The van der Waals surface area contributed by atoms with Gasteiger partial charge in [0.05, 0.1) is 17.6 Å². The quantitative estimate of drug-likeness (QED) is 0.318. The van der Waals surface area contributed by atoms with Crippen LogP contribution in [0.15, 0.2) is 84.9 Å². The molecule has 0 unspecified atom stereocenters. The van der Waals surface area contributed by atoms with Crippen molar-refractivity contribution in [2.75, 3.05) is 25.5 Å². The lowest BCUT2D eigenvalue weighted by Crippen LogP contribution is -2.32. The van der Waals surface area contributed by atoms with Crippen molar-refractivity contribution in [3.8, 4) is 28.3 Å². The van der Waals surface area contributed by atoms with Gasteiger partial charge in [-0.1, -0.05) is 30.3 Å². The Morgan fingerprint density at radius 1 is 0.946 bits per heavy atom. The van der Waals surface area contributed by atoms with Crippen LogP contribution >= 0.6 is 0 Å². The van der Waals surface area contributed by atoms with Crippen molar-refractivity contribution in [3.63, 3.8) is 0 Å². The van der Waals surface area contributed by atoms with Gasteiger partial charge in [0, 0.05) is 36.0 Å². The number of fused-ring (bicyclic) bond motifs is 2. The third-order valence-electron chi connectivity index (χ3n) is 6.68. The molecule has 4 aromatic carbocycles. The fourth-order valence-electron chi connectivity index (χ4n) is 4.65. The zero-order chi connectivity index (χ0) is 25.4. The number of carbonyl (C=O) groups excluding carboxylic acids is 1. The van der Waals surface area contributed by atoms with Gasteiger partial charge in [0.25, 0.3) is 5.91 Å². The minimum atomic E-state index is -0.294. The fourth-order valence-corrected chi connectivity index (χ4v) is 4.65. The fraction of sp³-hybridized carbons (Fsp3) is 0.133. The van der Waals surface area contributed by atoms with E-state index < -0.39 is 0 Å². The summed E-state index contributed by atoms with van der Waals surface area (Å²) in [6, 6.07) is 26.2. The smallest absolute Gasteiger partial charge is 0.254 e. The zero-order valence-electron chi connectivity index (χ0n) is 20.3. The van der Waals surface area contributed by atoms with E-state index in [0.29, 0.717) is 36.6 Å². The van der Waals surface area contributed by atoms with Crippen molar-refractivity contribution in [1.82, 2.24) is 14.9 Å². The van der Waals surface area contributed by atoms with Gasteiger partial charge in [-0.2, -0.15) is 0 Å². The van der Waals surface area contributed by atoms with Crippen molar-refractivity contribution in [1.29, 1.82) is 0 Å². The minimum absolute atomic E-state index is 0.0143. The van der Waals surface area contributed by atoms with Crippen LogP contribution in [0.5, 0.6) is 5.75 Å². The lowest BCUT2D eigenvalue weighted by atomic mass is 10.0. The molecule has 0 radical (unpaired) electrons. The van der Waals surface area contributed by atoms with E-state index in [9.17, 15) is 9.18 Å². The highest BCUT2D eigenvalue weighted by Crippen LogP contribution is 2.31. The predicted octanol–water partition coefficient (Wildman–Crippen LogP) is 6.11. The Balaban J connectivity index is 1.24. The number of carbonyl (C=O) groups is 1. The zero-order valence-corrected chi connectivity index (χ0v) is 20.3. The van der Waals surface area contributed by atoms with E-state index in [0.717, 1.165) is 39.2 Å². The molecule has 0 bridgehead atoms. The van der Waals surface area contributed by atoms with E-state index in [2.05, 4.69) is 21.4 Å². The Bertz CT molecular complexity index is 1590. The number of nitrogens with zero attached hydrogens (tertiary/aromatic N) is 2. The molecule has 2 heterocycles. The molecule has 0 saturated carbocycles. The molecule has 1 amide bonds. The van der Waals surface area contributed by atoms with Gasteiger partial charge in [-0.05, 0) is 65.7 Å². The van der Waals surface area contributed by atoms with E-state index in [1.165, 1.54) is 12.1 Å². The van der Waals surface area contributed by atoms with Gasteiger partial charge in [0.15, 0.2) is 0 Å². The van der Waals surface area contributed by atoms with Crippen molar-refractivity contribution >= 4 is 22.6 Å². The Hall–Kier alpha value is -4.65. The number of H-pyrrole nitrogens is 1. The first-order valence-electron chi connectivity index (χ1n) is 12.2. The summed E-state index contributed by atoms with van der Waals surface area (Å²) < 4.78 is 19.5. The molecule has 0 saturated heterocycles. The average molecular weight is 493 g/mol. The summed E-state index contributed by atoms with van der Waals surface area (Å²) in [5.74, 6) is 1.19. The Morgan fingerprint density at radius 2 is 1.70 bits per heavy atom. The van der Waals surface area contributed by atoms with Gasteiger partial charge in [-0.3, -0.25) is 4.79 Å². The summed E-state index contributed by atoms with van der Waals surface area (Å²) in [7, 11) is 1.85. The summed E-state index contributed by atoms with van der Waals surface area (Å²) in [6.45, 7) is 1.44. The van der Waals surface area contributed by atoms with Crippen molar-refractivity contribution in [3.05, 3.63) is 102 Å². The van der Waals surface area contributed by atoms with E-state index >= 15 is 0 Å². The first-order chi connectivity index (χ1) is 18.1. The summed E-state index contributed by atoms with van der Waals surface area (Å²) in [5.41, 5.74) is 6.98. The number of hydrogen-bond acceptors (Lipinski definition) is 4. The monoisotopic (exact) mass is 492 g/mol. The number of benzene rings is 4. The summed E-state index contributed by atoms with van der Waals surface area (Å²) >= 11 is 0. The summed E-state index contributed by atoms with van der Waals surface area (Å²) in [5, 5.41) is 3.07. The highest BCUT2D eigenvalue weighted by molar-refractivity contribution is 5.94. The van der Waals surface area contributed by atoms with Crippen LogP contribution < -0.4 is 10.1 Å². The maximum atomic E-state index is 13.5. The van der Waals surface area contributed by atoms with Gasteiger partial charge in [0.2, 0.25) is 0 Å². The molecule has 184 valence electrons. The lowest BCUT2D eigenvalue weighted by Gasteiger charge is -2.20. The third kappa shape index (κ3) is 4.51. The van der Waals surface area contributed by atoms with Gasteiger partial charge >= 0.3 is 0 Å². The van der Waals surface area contributed by atoms with Gasteiger partial charge in [0.1, 0.15) is 24.0 Å². The van der Waals surface area contributed by atoms with Gasteiger partial charge in [-0.25, -0.2) is 9.37 Å². The number of ether oxygens (including phenoxy) is 1. The maximum Gasteiger partial charge on any atom is 0.254 e. The predicted molar refractivity (Wildman–Crippen MR) is 143 cm³/mol. The number of imidazole rings is 1. The molecule has 5 aromatic rings. The lowest BCUT2D eigenvalue weighted by molar-refractivity contribution is 0.0733. The molecular formula is C30H25FN4O2. The molecule has 1 aliphatic heterocycles. The molecule has 0 fully saturated rings. The van der Waals surface area contributed by atoms with Crippen LogP contribution in [-0.4, -0.2) is 41.0 Å². The molecule has 37 heavy (non-hydrogen) atoms. The first-order valence-corrected chi connectivity index (χ1v) is 12.2. The van der Waals surface area contributed by atoms with E-state index in [1.807, 2.05) is 72.6 Å². The second kappa shape index (κ2) is 9.43. The molecule has 1 aliphatic rings. The van der Waals surface area contributed by atoms with Crippen LogP contribution in [0.4, 0.5) is 10.1 Å². The van der Waals surface area contributed by atoms with Crippen LogP contribution in [0.2, 0.25) is 0 Å². The van der Waals surface area contributed by atoms with Crippen LogP contribution in [0.25, 0.3) is 33.5 Å². The largest absolute Gasteiger partial charge is 0.491 e. The van der Waals surface area contributed by atoms with Gasteiger partial charge < -0.3 is 19.9 Å². The Labute approximate surface area is 213 Å². The van der Waals surface area contributed by atoms with Crippen molar-refractivity contribution in [2.45, 2.75) is 6.54 Å². The molecule has 6 nitrogen and oxygen atoms in total. The van der Waals surface area contributed by atoms with Crippen LogP contribution in [0.3, 0.4) is 0 Å². The number of hydrogen-bond donors (Lipinski definition) is 2. The number of anilines is 1. The molecule has 2 N–H and O–H groups in total. The first kappa shape index (κ1) is 22.8. The van der Waals surface area contributed by atoms with Crippen LogP contribution in [-0.2, 0) is 6.54 Å². The third-order valence-corrected chi connectivity index (χ3v) is 6.68. The number of aromatic nitrogens is 2. The number of amides is 1. The number of nitrogens with one attached hydrogen (secondary N) is 2. The molecule has 0 spiro atoms. The second-order valence-electron chi connectivity index (χ2n) is 9.05. The van der Waals surface area contributed by atoms with Crippen LogP contribution in [0, 0.1) is 5.82 Å². The van der Waals surface area contributed by atoms with Gasteiger partial charge in [-0.15, -0.1) is 0 Å². The van der Waals surface area contributed by atoms with E-state index in [-0.39, 0.29) is 11.7 Å². The average Bonchev–Trinajstić information content (AvgIpc) is 3.24. The second-order valence-corrected chi connectivity index (χ2v) is 9.05. The van der Waals surface area contributed by atoms with Crippen molar-refractivity contribution in [2.24, 2.45) is 0 Å². The van der Waals surface area contributed by atoms with Crippen LogP contribution in [0.1, 0.15) is 15.9 Å². The molecule has 6 rings (SSSR count). The molecule has 0 aliphatic carbocycles. The minimum Gasteiger partial charge on any atom is -0.491 e. The number of rotatable bonds is 4. The Kier molecular flexibility index (Phi) is 5.81. The molecule has 1 aromatic heterocycles. The summed E-state index contributed by atoms with van der Waals surface area (Å²) in [6.07, 6.45) is 0. The standard InChI is InChI=1S/C30H25FN4O2/c1-32-25-10-6-21(7-11-25)30(36)35-14-15-37-28-13-8-22(16-23(28)18-35)19-2-4-20(5-3-19)29-33-26-12-9-24(31)17-27(26)34-29/h2-13,16-17,32H,14-15,18H2,1H3,(H,33,34). The highest BCUT2D eigenvalue weighted by atomic mass is 19.1. The molecule has 0 atom stereocenters. The van der Waals surface area contributed by atoms with E-state index in [1.54, 1.807) is 6.07 Å². The molecular weight excluding hydrogens is 467 g/mol. The van der Waals surface area contributed by atoms with E-state index in [4.69, 9.17) is 4.74 Å². The number of halogens is 1. The summed E-state index contributed by atoms with van der Waals surface area (Å²) in [4.78, 5) is 22.8. The number of aromatic amines is 1. The normalized spacial score (nSPS) is 13.1. The SMILES string of the molecule is CNc1ccc(C(=O)N2CCOc3ccc(-c4ccc(-c5nc6ccc(F)cc6[nH]5)cc4)cc3C2)cc1. The topological polar surface area (TPSA) is 70.2 Å². The Morgan fingerprint density at radius 3 is 2.49 bits per heavy atom. The maximum absolute atomic E-state index is 13.5. The van der Waals surface area contributed by atoms with Crippen molar-refractivity contribution < 1.29 is 13.9 Å². The molecule has 7 heteroatoms.